The van der Waals surface area contributed by atoms with Crippen LogP contribution in [0, 0.1) is 0 Å². The van der Waals surface area contributed by atoms with E-state index in [1.807, 2.05) is 38.6 Å². The van der Waals surface area contributed by atoms with Crippen molar-refractivity contribution in [2.45, 2.75) is 24.9 Å². The van der Waals surface area contributed by atoms with Crippen molar-refractivity contribution >= 4 is 35.2 Å². The molecule has 2 aliphatic rings. The molecular formula is C20H30N8O2S. The van der Waals surface area contributed by atoms with E-state index in [4.69, 9.17) is 0 Å². The fourth-order valence-electron chi connectivity index (χ4n) is 4.09. The Labute approximate surface area is 186 Å². The summed E-state index contributed by atoms with van der Waals surface area (Å²) in [6, 6.07) is 4.22. The number of hydrogen-bond donors (Lipinski definition) is 2. The van der Waals surface area contributed by atoms with Crippen LogP contribution in [0.2, 0.25) is 0 Å². The van der Waals surface area contributed by atoms with Gasteiger partial charge in [0.25, 0.3) is 0 Å². The number of thioether (sulfide) groups is 1. The number of hydrogen-bond acceptors (Lipinski definition) is 7. The first-order valence-corrected chi connectivity index (χ1v) is 11.8. The highest BCUT2D eigenvalue weighted by Gasteiger charge is 2.26. The third-order valence-electron chi connectivity index (χ3n) is 5.62. The molecule has 0 aliphatic carbocycles. The van der Waals surface area contributed by atoms with Gasteiger partial charge in [-0.2, -0.15) is 10.2 Å². The summed E-state index contributed by atoms with van der Waals surface area (Å²) in [5.74, 6) is 2.43. The Kier molecular flexibility index (Phi) is 6.69. The Hall–Kier alpha value is -2.69. The summed E-state index contributed by atoms with van der Waals surface area (Å²) in [7, 11) is 3.80. The zero-order valence-corrected chi connectivity index (χ0v) is 18.8. The minimum atomic E-state index is -0.0205. The maximum absolute atomic E-state index is 12.3. The number of aryl methyl sites for hydroxylation is 2. The smallest absolute Gasteiger partial charge is 0.230 e. The van der Waals surface area contributed by atoms with Gasteiger partial charge in [0.1, 0.15) is 0 Å². The van der Waals surface area contributed by atoms with E-state index in [-0.39, 0.29) is 35.4 Å². The lowest BCUT2D eigenvalue weighted by Gasteiger charge is -2.17. The zero-order valence-electron chi connectivity index (χ0n) is 18.0. The Morgan fingerprint density at radius 1 is 0.903 bits per heavy atom. The maximum atomic E-state index is 12.3. The molecular weight excluding hydrogens is 416 g/mol. The second-order valence-electron chi connectivity index (χ2n) is 8.19. The van der Waals surface area contributed by atoms with Crippen LogP contribution in [-0.2, 0) is 23.7 Å². The SMILES string of the molecule is Cn1ccc(N2CCC(NC(=O)CSCC(=O)NC3CCN(c4ccn(C)n4)C3)C2)n1. The van der Waals surface area contributed by atoms with Crippen LogP contribution >= 0.6 is 11.8 Å². The minimum Gasteiger partial charge on any atom is -0.353 e. The van der Waals surface area contributed by atoms with Gasteiger partial charge in [-0.05, 0) is 12.8 Å². The van der Waals surface area contributed by atoms with E-state index in [2.05, 4.69) is 30.6 Å². The lowest BCUT2D eigenvalue weighted by atomic mass is 10.2. The van der Waals surface area contributed by atoms with Gasteiger partial charge < -0.3 is 20.4 Å². The average Bonchev–Trinajstić information content (AvgIpc) is 3.50. The molecule has 2 atom stereocenters. The van der Waals surface area contributed by atoms with Crippen molar-refractivity contribution in [2.24, 2.45) is 14.1 Å². The summed E-state index contributed by atoms with van der Waals surface area (Å²) in [6.07, 6.45) is 5.65. The molecule has 2 amide bonds. The predicted molar refractivity (Wildman–Crippen MR) is 121 cm³/mol. The van der Waals surface area contributed by atoms with Crippen molar-refractivity contribution in [3.63, 3.8) is 0 Å². The van der Waals surface area contributed by atoms with Crippen molar-refractivity contribution < 1.29 is 9.59 Å². The summed E-state index contributed by atoms with van der Waals surface area (Å²) in [6.45, 7) is 3.30. The number of nitrogens with zero attached hydrogens (tertiary/aromatic N) is 6. The standard InChI is InChI=1S/C20H30N8O2S/c1-25-7-5-17(23-25)27-9-3-15(11-27)21-19(29)13-31-14-20(30)22-16-4-10-28(12-16)18-6-8-26(2)24-18/h5-8,15-16H,3-4,9-14H2,1-2H3,(H,21,29)(H,22,30). The lowest BCUT2D eigenvalue weighted by molar-refractivity contribution is -0.119. The monoisotopic (exact) mass is 446 g/mol. The molecule has 10 nitrogen and oxygen atoms in total. The molecule has 2 aromatic heterocycles. The van der Waals surface area contributed by atoms with Crippen LogP contribution in [0.5, 0.6) is 0 Å². The van der Waals surface area contributed by atoms with Crippen LogP contribution in [0.1, 0.15) is 12.8 Å². The molecule has 0 spiro atoms. The molecule has 168 valence electrons. The van der Waals surface area contributed by atoms with E-state index >= 15 is 0 Å². The van der Waals surface area contributed by atoms with Crippen LogP contribution in [0.4, 0.5) is 11.6 Å². The van der Waals surface area contributed by atoms with Crippen LogP contribution in [0.25, 0.3) is 0 Å². The molecule has 0 radical (unpaired) electrons. The Bertz CT molecular complexity index is 840. The topological polar surface area (TPSA) is 100 Å². The van der Waals surface area contributed by atoms with E-state index in [0.29, 0.717) is 0 Å². The third-order valence-corrected chi connectivity index (χ3v) is 6.55. The number of carbonyl (C=O) groups is 2. The molecule has 0 bridgehead atoms. The molecule has 2 fully saturated rings. The van der Waals surface area contributed by atoms with Crippen LogP contribution in [0.3, 0.4) is 0 Å². The van der Waals surface area contributed by atoms with Crippen LogP contribution in [-0.4, -0.2) is 81.1 Å². The summed E-state index contributed by atoms with van der Waals surface area (Å²) in [4.78, 5) is 28.9. The lowest BCUT2D eigenvalue weighted by Crippen LogP contribution is -2.39. The second-order valence-corrected chi connectivity index (χ2v) is 9.17. The highest BCUT2D eigenvalue weighted by Crippen LogP contribution is 2.19. The quantitative estimate of drug-likeness (QED) is 0.588. The molecule has 4 heterocycles. The van der Waals surface area contributed by atoms with Crippen molar-refractivity contribution in [3.05, 3.63) is 24.5 Å². The van der Waals surface area contributed by atoms with Gasteiger partial charge in [-0.3, -0.25) is 19.0 Å². The number of aromatic nitrogens is 4. The second kappa shape index (κ2) is 9.63. The molecule has 4 rings (SSSR count). The molecule has 0 aromatic carbocycles. The van der Waals surface area contributed by atoms with Crippen molar-refractivity contribution in [3.8, 4) is 0 Å². The normalized spacial score (nSPS) is 21.0. The van der Waals surface area contributed by atoms with Gasteiger partial charge in [0.15, 0.2) is 11.6 Å². The molecule has 31 heavy (non-hydrogen) atoms. The van der Waals surface area contributed by atoms with Crippen molar-refractivity contribution in [1.29, 1.82) is 0 Å². The van der Waals surface area contributed by atoms with Gasteiger partial charge in [-0.25, -0.2) is 0 Å². The summed E-state index contributed by atoms with van der Waals surface area (Å²) >= 11 is 1.35. The average molecular weight is 447 g/mol. The highest BCUT2D eigenvalue weighted by molar-refractivity contribution is 8.00. The number of amides is 2. The predicted octanol–water partition coefficient (Wildman–Crippen LogP) is -0.0232. The molecule has 2 aromatic rings. The first kappa shape index (κ1) is 21.5. The van der Waals surface area contributed by atoms with Gasteiger partial charge >= 0.3 is 0 Å². The largest absolute Gasteiger partial charge is 0.353 e. The van der Waals surface area contributed by atoms with Gasteiger partial charge in [-0.1, -0.05) is 0 Å². The minimum absolute atomic E-state index is 0.0205. The summed E-state index contributed by atoms with van der Waals surface area (Å²) in [5, 5.41) is 15.0. The maximum Gasteiger partial charge on any atom is 0.230 e. The van der Waals surface area contributed by atoms with E-state index in [1.165, 1.54) is 11.8 Å². The Morgan fingerprint density at radius 3 is 1.74 bits per heavy atom. The number of carbonyl (C=O) groups excluding carboxylic acids is 2. The fourth-order valence-corrected chi connectivity index (χ4v) is 4.73. The van der Waals surface area contributed by atoms with Gasteiger partial charge in [0.05, 0.1) is 11.5 Å². The Morgan fingerprint density at radius 2 is 1.35 bits per heavy atom. The first-order valence-electron chi connectivity index (χ1n) is 10.6. The van der Waals surface area contributed by atoms with Gasteiger partial charge in [0.2, 0.25) is 11.8 Å². The van der Waals surface area contributed by atoms with Gasteiger partial charge in [0, 0.05) is 76.9 Å². The molecule has 0 saturated carbocycles. The van der Waals surface area contributed by atoms with E-state index in [9.17, 15) is 9.59 Å². The molecule has 2 unspecified atom stereocenters. The fraction of sp³-hybridized carbons (Fsp3) is 0.600. The number of rotatable bonds is 8. The van der Waals surface area contributed by atoms with E-state index in [1.54, 1.807) is 9.36 Å². The summed E-state index contributed by atoms with van der Waals surface area (Å²) < 4.78 is 3.56. The summed E-state index contributed by atoms with van der Waals surface area (Å²) in [5.41, 5.74) is 0. The Balaban J connectivity index is 1.11. The zero-order chi connectivity index (χ0) is 21.8. The van der Waals surface area contributed by atoms with E-state index in [0.717, 1.165) is 50.7 Å². The molecule has 11 heteroatoms. The van der Waals surface area contributed by atoms with Crippen LogP contribution in [0.15, 0.2) is 24.5 Å². The molecule has 2 aliphatic heterocycles. The third kappa shape index (κ3) is 5.72. The van der Waals surface area contributed by atoms with Crippen molar-refractivity contribution in [1.82, 2.24) is 30.2 Å². The highest BCUT2D eigenvalue weighted by atomic mass is 32.2. The number of anilines is 2. The van der Waals surface area contributed by atoms with Gasteiger partial charge in [-0.15, -0.1) is 11.8 Å². The van der Waals surface area contributed by atoms with Crippen LogP contribution < -0.4 is 20.4 Å². The molecule has 2 N–H and O–H groups in total. The van der Waals surface area contributed by atoms with Crippen molar-refractivity contribution in [2.75, 3.05) is 47.5 Å². The first-order chi connectivity index (χ1) is 15.0. The van der Waals surface area contributed by atoms with E-state index < -0.39 is 0 Å². The molecule has 2 saturated heterocycles. The number of nitrogens with one attached hydrogen (secondary N) is 2.